The molecule has 0 aliphatic carbocycles. The van der Waals surface area contributed by atoms with Gasteiger partial charge < -0.3 is 20.4 Å². The first-order valence-electron chi connectivity index (χ1n) is 2.30. The maximum Gasteiger partial charge on any atom is 0.105 e. The van der Waals surface area contributed by atoms with Crippen molar-refractivity contribution in [2.75, 3.05) is 13.2 Å². The van der Waals surface area contributed by atoms with Gasteiger partial charge >= 0.3 is 0 Å². The molecule has 0 aliphatic heterocycles. The molecule has 0 rings (SSSR count). The van der Waals surface area contributed by atoms with Gasteiger partial charge in [0.15, 0.2) is 0 Å². The Bertz CT molecular complexity index is 51.0. The summed E-state index contributed by atoms with van der Waals surface area (Å²) in [6.45, 7) is -1.05. The molecular weight excluding hydrogens is 160 g/mol. The molecule has 0 aromatic carbocycles. The van der Waals surface area contributed by atoms with Crippen LogP contribution in [-0.4, -0.2) is 45.8 Å². The van der Waals surface area contributed by atoms with E-state index in [-0.39, 0.29) is 29.7 Å². The normalized spacial score (nSPS) is 12.0. The Morgan fingerprint density at radius 3 is 0.917 bits per heavy atom. The molecule has 0 fully saturated rings. The van der Waals surface area contributed by atoms with Crippen molar-refractivity contribution in [3.8, 4) is 0 Å². The van der Waals surface area contributed by atoms with Crippen LogP contribution in [0.4, 0.5) is 0 Å². The number of aliphatic hydroxyl groups is 4. The summed E-state index contributed by atoms with van der Waals surface area (Å²) in [6.07, 6.45) is -2.44. The second-order valence-corrected chi connectivity index (χ2v) is 1.50. The SMILES string of the molecule is C.C.C.C.OCC(O)C(O)CO. The van der Waals surface area contributed by atoms with Gasteiger partial charge in [0.05, 0.1) is 13.2 Å². The first kappa shape index (κ1) is 29.7. The topological polar surface area (TPSA) is 80.9 Å². The van der Waals surface area contributed by atoms with Crippen LogP contribution in [0.25, 0.3) is 0 Å². The van der Waals surface area contributed by atoms with Crippen molar-refractivity contribution < 1.29 is 20.4 Å². The fourth-order valence-electron chi connectivity index (χ4n) is 0.243. The summed E-state index contributed by atoms with van der Waals surface area (Å²) < 4.78 is 0. The van der Waals surface area contributed by atoms with Crippen molar-refractivity contribution in [1.82, 2.24) is 0 Å². The second kappa shape index (κ2) is 17.1. The van der Waals surface area contributed by atoms with Crippen molar-refractivity contribution in [2.24, 2.45) is 0 Å². The molecule has 0 spiro atoms. The van der Waals surface area contributed by atoms with Crippen LogP contribution in [-0.2, 0) is 0 Å². The van der Waals surface area contributed by atoms with Crippen molar-refractivity contribution in [1.29, 1.82) is 0 Å². The zero-order valence-electron chi connectivity index (χ0n) is 4.36. The van der Waals surface area contributed by atoms with Crippen molar-refractivity contribution in [3.05, 3.63) is 0 Å². The summed E-state index contributed by atoms with van der Waals surface area (Å²) in [4.78, 5) is 0. The summed E-state index contributed by atoms with van der Waals surface area (Å²) in [5, 5.41) is 33.2. The molecule has 12 heavy (non-hydrogen) atoms. The van der Waals surface area contributed by atoms with Gasteiger partial charge in [-0.2, -0.15) is 0 Å². The van der Waals surface area contributed by atoms with Crippen LogP contribution in [0.15, 0.2) is 0 Å². The van der Waals surface area contributed by atoms with Gasteiger partial charge in [-0.3, -0.25) is 0 Å². The Hall–Kier alpha value is -0.160. The first-order valence-corrected chi connectivity index (χ1v) is 2.30. The molecule has 0 saturated carbocycles. The molecule has 2 unspecified atom stereocenters. The van der Waals surface area contributed by atoms with E-state index in [0.717, 1.165) is 0 Å². The van der Waals surface area contributed by atoms with Crippen LogP contribution < -0.4 is 0 Å². The lowest BCUT2D eigenvalue weighted by atomic mass is 10.2. The fraction of sp³-hybridized carbons (Fsp3) is 1.00. The minimum absolute atomic E-state index is 0. The Labute approximate surface area is 76.5 Å². The molecule has 0 amide bonds. The maximum atomic E-state index is 8.47. The zero-order valence-corrected chi connectivity index (χ0v) is 4.36. The first-order chi connectivity index (χ1) is 3.72. The summed E-state index contributed by atoms with van der Waals surface area (Å²) in [5.74, 6) is 0. The maximum absolute atomic E-state index is 8.47. The predicted octanol–water partition coefficient (Wildman–Crippen LogP) is 0.237. The molecule has 0 radical (unpaired) electrons. The van der Waals surface area contributed by atoms with E-state index in [1.165, 1.54) is 0 Å². The highest BCUT2D eigenvalue weighted by Gasteiger charge is 2.12. The molecule has 0 heterocycles. The van der Waals surface area contributed by atoms with Gasteiger partial charge in [-0.15, -0.1) is 0 Å². The average molecular weight is 186 g/mol. The second-order valence-electron chi connectivity index (χ2n) is 1.50. The smallest absolute Gasteiger partial charge is 0.105 e. The van der Waals surface area contributed by atoms with E-state index >= 15 is 0 Å². The van der Waals surface area contributed by atoms with Gasteiger partial charge in [0.1, 0.15) is 12.2 Å². The van der Waals surface area contributed by atoms with E-state index in [1.54, 1.807) is 0 Å². The van der Waals surface area contributed by atoms with Crippen molar-refractivity contribution in [3.63, 3.8) is 0 Å². The average Bonchev–Trinajstić information content (AvgIpc) is 1.84. The molecule has 2 atom stereocenters. The molecule has 0 aliphatic rings. The van der Waals surface area contributed by atoms with Gasteiger partial charge in [0, 0.05) is 0 Å². The van der Waals surface area contributed by atoms with Crippen LogP contribution in [0.2, 0.25) is 0 Å². The summed E-state index contributed by atoms with van der Waals surface area (Å²) >= 11 is 0. The van der Waals surface area contributed by atoms with E-state index in [4.69, 9.17) is 20.4 Å². The number of rotatable bonds is 3. The van der Waals surface area contributed by atoms with Crippen molar-refractivity contribution >= 4 is 0 Å². The quantitative estimate of drug-likeness (QED) is 0.509. The number of hydrogen-bond acceptors (Lipinski definition) is 4. The third-order valence-electron chi connectivity index (χ3n) is 0.818. The van der Waals surface area contributed by atoms with Crippen LogP contribution in [0.5, 0.6) is 0 Å². The number of aliphatic hydroxyl groups excluding tert-OH is 4. The minimum atomic E-state index is -1.22. The lowest BCUT2D eigenvalue weighted by molar-refractivity contribution is -0.0388. The third-order valence-corrected chi connectivity index (χ3v) is 0.818. The van der Waals surface area contributed by atoms with E-state index in [1.807, 2.05) is 0 Å². The summed E-state index contributed by atoms with van der Waals surface area (Å²) in [5.41, 5.74) is 0. The van der Waals surface area contributed by atoms with Gasteiger partial charge in [-0.05, 0) is 0 Å². The Morgan fingerprint density at radius 1 is 0.667 bits per heavy atom. The highest BCUT2D eigenvalue weighted by Crippen LogP contribution is 1.88. The lowest BCUT2D eigenvalue weighted by Gasteiger charge is -2.10. The largest absolute Gasteiger partial charge is 0.394 e. The molecule has 82 valence electrons. The van der Waals surface area contributed by atoms with Gasteiger partial charge in [-0.25, -0.2) is 0 Å². The monoisotopic (exact) mass is 186 g/mol. The highest BCUT2D eigenvalue weighted by atomic mass is 16.4. The Balaban J connectivity index is -0.0000000408. The molecule has 4 N–H and O–H groups in total. The van der Waals surface area contributed by atoms with Crippen LogP contribution >= 0.6 is 0 Å². The molecule has 0 bridgehead atoms. The molecular formula is C8H26O4. The number of hydrogen-bond donors (Lipinski definition) is 4. The zero-order chi connectivity index (χ0) is 6.57. The third kappa shape index (κ3) is 12.5. The van der Waals surface area contributed by atoms with Gasteiger partial charge in [0.2, 0.25) is 0 Å². The Kier molecular flexibility index (Phi) is 42.3. The highest BCUT2D eigenvalue weighted by molar-refractivity contribution is 4.62. The standard InChI is InChI=1S/C4H10O4.4CH4/c5-1-3(7)4(8)2-6;;;;/h3-8H,1-2H2;4*1H4. The van der Waals surface area contributed by atoms with E-state index in [9.17, 15) is 0 Å². The molecule has 0 saturated heterocycles. The van der Waals surface area contributed by atoms with Crippen LogP contribution in [0, 0.1) is 0 Å². The van der Waals surface area contributed by atoms with Crippen molar-refractivity contribution in [2.45, 2.75) is 41.9 Å². The van der Waals surface area contributed by atoms with Crippen LogP contribution in [0.1, 0.15) is 29.7 Å². The predicted molar refractivity (Wildman–Crippen MR) is 53.1 cm³/mol. The van der Waals surface area contributed by atoms with Crippen LogP contribution in [0.3, 0.4) is 0 Å². The van der Waals surface area contributed by atoms with E-state index in [2.05, 4.69) is 0 Å². The lowest BCUT2D eigenvalue weighted by Crippen LogP contribution is -2.31. The van der Waals surface area contributed by atoms with E-state index in [0.29, 0.717) is 0 Å². The van der Waals surface area contributed by atoms with E-state index < -0.39 is 25.4 Å². The minimum Gasteiger partial charge on any atom is -0.394 e. The molecule has 0 aromatic rings. The molecule has 4 heteroatoms. The molecule has 0 aromatic heterocycles. The van der Waals surface area contributed by atoms with Gasteiger partial charge in [0.25, 0.3) is 0 Å². The fourth-order valence-corrected chi connectivity index (χ4v) is 0.243. The summed E-state index contributed by atoms with van der Waals surface area (Å²) in [7, 11) is 0. The van der Waals surface area contributed by atoms with Gasteiger partial charge in [-0.1, -0.05) is 29.7 Å². The summed E-state index contributed by atoms with van der Waals surface area (Å²) in [6, 6.07) is 0. The Morgan fingerprint density at radius 2 is 0.833 bits per heavy atom. The molecule has 4 nitrogen and oxygen atoms in total.